The molecule has 0 unspecified atom stereocenters. The fourth-order valence-corrected chi connectivity index (χ4v) is 9.02. The van der Waals surface area contributed by atoms with E-state index in [-0.39, 0.29) is 34.4 Å². The molecule has 0 aromatic carbocycles. The number of rotatable bonds is 6. The number of ether oxygens (including phenoxy) is 1. The fourth-order valence-electron chi connectivity index (χ4n) is 9.02. The molecule has 2 N–H and O–H groups in total. The molecule has 8 atom stereocenters. The number of aliphatic hydroxyl groups is 2. The van der Waals surface area contributed by atoms with Crippen molar-refractivity contribution in [2.24, 2.45) is 45.3 Å². The molecule has 5 nitrogen and oxygen atoms in total. The molecule has 0 saturated heterocycles. The van der Waals surface area contributed by atoms with Crippen LogP contribution in [0.4, 0.5) is 0 Å². The fraction of sp³-hybridized carbons (Fsp3) is 0.750. The zero-order valence-electron chi connectivity index (χ0n) is 24.2. The number of esters is 1. The Morgan fingerprint density at radius 1 is 1.16 bits per heavy atom. The largest absolute Gasteiger partial charge is 0.469 e. The van der Waals surface area contributed by atoms with E-state index in [1.807, 2.05) is 19.9 Å². The highest BCUT2D eigenvalue weighted by Crippen LogP contribution is 2.71. The Balaban J connectivity index is 1.78. The molecule has 206 valence electrons. The number of hydrogen-bond donors (Lipinski definition) is 2. The van der Waals surface area contributed by atoms with Gasteiger partial charge in [-0.3, -0.25) is 9.59 Å². The molecule has 0 bridgehead atoms. The van der Waals surface area contributed by atoms with E-state index in [0.29, 0.717) is 25.2 Å². The minimum atomic E-state index is -0.738. The van der Waals surface area contributed by atoms with Gasteiger partial charge >= 0.3 is 5.97 Å². The first-order valence-electron chi connectivity index (χ1n) is 14.1. The second-order valence-corrected chi connectivity index (χ2v) is 14.0. The highest BCUT2D eigenvalue weighted by atomic mass is 16.5. The maximum absolute atomic E-state index is 13.2. The lowest BCUT2D eigenvalue weighted by molar-refractivity contribution is -0.152. The summed E-state index contributed by atoms with van der Waals surface area (Å²) < 4.78 is 5.29. The molecule has 0 amide bonds. The lowest BCUT2D eigenvalue weighted by atomic mass is 9.43. The van der Waals surface area contributed by atoms with Crippen LogP contribution in [-0.2, 0) is 14.3 Å². The van der Waals surface area contributed by atoms with Gasteiger partial charge in [0.25, 0.3) is 0 Å². The van der Waals surface area contributed by atoms with Gasteiger partial charge in [0, 0.05) is 29.1 Å². The Morgan fingerprint density at radius 2 is 1.81 bits per heavy atom. The number of carbonyl (C=O) groups excluding carboxylic acids is 2. The normalized spacial score (nSPS) is 41.2. The summed E-state index contributed by atoms with van der Waals surface area (Å²) in [5, 5.41) is 23.2. The molecule has 2 fully saturated rings. The van der Waals surface area contributed by atoms with Crippen molar-refractivity contribution >= 4 is 11.8 Å². The summed E-state index contributed by atoms with van der Waals surface area (Å²) >= 11 is 0. The summed E-state index contributed by atoms with van der Waals surface area (Å²) in [5.74, 6) is -0.591. The van der Waals surface area contributed by atoms with Crippen LogP contribution in [0.1, 0.15) is 87.0 Å². The van der Waals surface area contributed by atoms with E-state index in [2.05, 4.69) is 47.3 Å². The van der Waals surface area contributed by atoms with Crippen molar-refractivity contribution in [3.63, 3.8) is 0 Å². The van der Waals surface area contributed by atoms with Crippen molar-refractivity contribution in [1.82, 2.24) is 0 Å². The molecule has 37 heavy (non-hydrogen) atoms. The molecule has 4 aliphatic carbocycles. The zero-order valence-corrected chi connectivity index (χ0v) is 24.2. The van der Waals surface area contributed by atoms with Crippen molar-refractivity contribution in [1.29, 1.82) is 0 Å². The third-order valence-electron chi connectivity index (χ3n) is 11.5. The molecule has 5 heteroatoms. The molecule has 0 spiro atoms. The Morgan fingerprint density at radius 3 is 2.41 bits per heavy atom. The van der Waals surface area contributed by atoms with Gasteiger partial charge in [-0.2, -0.15) is 0 Å². The third kappa shape index (κ3) is 3.93. The lowest BCUT2D eigenvalue weighted by Gasteiger charge is -2.60. The minimum Gasteiger partial charge on any atom is -0.469 e. The van der Waals surface area contributed by atoms with Crippen molar-refractivity contribution in [3.8, 4) is 0 Å². The number of methoxy groups -OCH3 is 1. The van der Waals surface area contributed by atoms with Crippen molar-refractivity contribution in [2.75, 3.05) is 7.11 Å². The van der Waals surface area contributed by atoms with Gasteiger partial charge < -0.3 is 14.9 Å². The van der Waals surface area contributed by atoms with Crippen LogP contribution in [0, 0.1) is 45.3 Å². The molecule has 0 radical (unpaired) electrons. The first-order valence-corrected chi connectivity index (χ1v) is 14.1. The predicted octanol–water partition coefficient (Wildman–Crippen LogP) is 5.80. The summed E-state index contributed by atoms with van der Waals surface area (Å²) in [5.41, 5.74) is 1.72. The van der Waals surface area contributed by atoms with E-state index in [4.69, 9.17) is 4.74 Å². The predicted molar refractivity (Wildman–Crippen MR) is 145 cm³/mol. The maximum atomic E-state index is 13.2. The average molecular weight is 513 g/mol. The number of ketones is 1. The van der Waals surface area contributed by atoms with Crippen LogP contribution in [0.15, 0.2) is 35.5 Å². The number of carbonyl (C=O) groups is 2. The second kappa shape index (κ2) is 9.19. The summed E-state index contributed by atoms with van der Waals surface area (Å²) in [7, 11) is 1.43. The van der Waals surface area contributed by atoms with Gasteiger partial charge in [0.1, 0.15) is 5.78 Å². The molecule has 4 aliphatic rings. The first-order chi connectivity index (χ1) is 17.1. The smallest absolute Gasteiger partial charge is 0.309 e. The quantitative estimate of drug-likeness (QED) is 0.347. The van der Waals surface area contributed by atoms with Crippen molar-refractivity contribution in [3.05, 3.63) is 35.5 Å². The number of hydrogen-bond acceptors (Lipinski definition) is 5. The molecule has 0 heterocycles. The number of Topliss-reactive ketones (excluding diaryl/α,β-unsaturated/α-hetero) is 1. The summed E-state index contributed by atoms with van der Waals surface area (Å²) in [4.78, 5) is 26.0. The maximum Gasteiger partial charge on any atom is 0.309 e. The van der Waals surface area contributed by atoms with E-state index in [1.165, 1.54) is 12.7 Å². The topological polar surface area (TPSA) is 83.8 Å². The Kier molecular flexibility index (Phi) is 7.03. The van der Waals surface area contributed by atoms with Crippen LogP contribution in [0.25, 0.3) is 0 Å². The van der Waals surface area contributed by atoms with E-state index < -0.39 is 29.0 Å². The SMILES string of the molecule is C=C(CC[C@@H](C(=O)OC)[C@@H]1[C@@H](O)C[C@]2(C)C3=C[C@H](O)[C@H]4C(C)(C)C(=O)CC[C@@]4(C)C3=CC[C@]12C)C(C)C. The van der Waals surface area contributed by atoms with Gasteiger partial charge in [0.2, 0.25) is 0 Å². The first kappa shape index (κ1) is 28.3. The molecule has 0 aliphatic heterocycles. The van der Waals surface area contributed by atoms with Crippen molar-refractivity contribution in [2.45, 2.75) is 99.2 Å². The van der Waals surface area contributed by atoms with Gasteiger partial charge in [-0.15, -0.1) is 0 Å². The lowest BCUT2D eigenvalue weighted by Crippen LogP contribution is -2.57. The van der Waals surface area contributed by atoms with Crippen LogP contribution < -0.4 is 0 Å². The highest BCUT2D eigenvalue weighted by Gasteiger charge is 2.67. The van der Waals surface area contributed by atoms with Gasteiger partial charge in [0.05, 0.1) is 25.2 Å². The van der Waals surface area contributed by atoms with Crippen LogP contribution in [0.2, 0.25) is 0 Å². The molecular weight excluding hydrogens is 464 g/mol. The molecule has 4 rings (SSSR count). The standard InChI is InChI=1S/C32H48O5/c1-18(2)19(3)10-11-20(28(36)37-9)26-24(34)17-32(8)22-16-23(33)27-29(4,5)25(35)13-14-30(27,6)21(22)12-15-31(26,32)7/h12,16,18,20,23-24,26-27,33-34H,3,10-11,13-15,17H2,1-2,4-9H3/t20-,23+,24+,26-,27+,30+,31-,32-/m1/s1. The van der Waals surface area contributed by atoms with E-state index >= 15 is 0 Å². The second-order valence-electron chi connectivity index (χ2n) is 14.0. The van der Waals surface area contributed by atoms with Crippen LogP contribution in [-0.4, -0.2) is 41.3 Å². The van der Waals surface area contributed by atoms with E-state index in [9.17, 15) is 19.8 Å². The zero-order chi connectivity index (χ0) is 27.7. The van der Waals surface area contributed by atoms with Crippen molar-refractivity contribution < 1.29 is 24.5 Å². The Bertz CT molecular complexity index is 1050. The Labute approximate surface area is 223 Å². The summed E-state index contributed by atoms with van der Waals surface area (Å²) in [6.07, 6.45) is 6.73. The van der Waals surface area contributed by atoms with Crippen LogP contribution in [0.5, 0.6) is 0 Å². The molecular formula is C32H48O5. The van der Waals surface area contributed by atoms with E-state index in [0.717, 1.165) is 30.4 Å². The summed E-state index contributed by atoms with van der Waals surface area (Å²) in [6, 6.07) is 0. The highest BCUT2D eigenvalue weighted by molar-refractivity contribution is 5.86. The number of fused-ring (bicyclic) bond motifs is 5. The third-order valence-corrected chi connectivity index (χ3v) is 11.5. The molecule has 0 aromatic heterocycles. The molecule has 0 aromatic rings. The van der Waals surface area contributed by atoms with Crippen LogP contribution >= 0.6 is 0 Å². The van der Waals surface area contributed by atoms with Crippen LogP contribution in [0.3, 0.4) is 0 Å². The van der Waals surface area contributed by atoms with Gasteiger partial charge in [-0.1, -0.05) is 72.8 Å². The van der Waals surface area contributed by atoms with Gasteiger partial charge in [-0.25, -0.2) is 0 Å². The summed E-state index contributed by atoms with van der Waals surface area (Å²) in [6.45, 7) is 19.0. The van der Waals surface area contributed by atoms with Gasteiger partial charge in [-0.05, 0) is 60.0 Å². The monoisotopic (exact) mass is 512 g/mol. The minimum absolute atomic E-state index is 0.184. The van der Waals surface area contributed by atoms with E-state index in [1.54, 1.807) is 0 Å². The Hall–Kier alpha value is -1.72. The number of aliphatic hydroxyl groups excluding tert-OH is 2. The number of allylic oxidation sites excluding steroid dienone is 4. The molecule has 2 saturated carbocycles. The van der Waals surface area contributed by atoms with Gasteiger partial charge in [0.15, 0.2) is 0 Å². The average Bonchev–Trinajstić information content (AvgIpc) is 3.02.